The van der Waals surface area contributed by atoms with Crippen molar-refractivity contribution in [2.45, 2.75) is 0 Å². The van der Waals surface area contributed by atoms with Gasteiger partial charge in [-0.1, -0.05) is 36.9 Å². The molecule has 0 radical (unpaired) electrons. The number of nitrogens with zero attached hydrogens (tertiary/aromatic N) is 2. The summed E-state index contributed by atoms with van der Waals surface area (Å²) in [6.45, 7) is 3.95. The standard InChI is InChI=1S/C16H11BrN2O/c1-10-15(11-5-3-2-4-6-11)19-16(18-10)12-7-8-14(20)13(17)9-12/h2-9,20H,1H2. The summed E-state index contributed by atoms with van der Waals surface area (Å²) in [4.78, 5) is 8.95. The Labute approximate surface area is 125 Å². The molecule has 3 nitrogen and oxygen atoms in total. The zero-order valence-electron chi connectivity index (χ0n) is 10.5. The van der Waals surface area contributed by atoms with Crippen LogP contribution in [0.3, 0.4) is 0 Å². The highest BCUT2D eigenvalue weighted by Crippen LogP contribution is 2.26. The van der Waals surface area contributed by atoms with Crippen LogP contribution in [0.5, 0.6) is 5.75 Å². The van der Waals surface area contributed by atoms with E-state index in [0.717, 1.165) is 16.8 Å². The van der Waals surface area contributed by atoms with E-state index in [1.807, 2.05) is 30.3 Å². The van der Waals surface area contributed by atoms with Gasteiger partial charge in [0.25, 0.3) is 0 Å². The summed E-state index contributed by atoms with van der Waals surface area (Å²) in [7, 11) is 0. The molecule has 98 valence electrons. The van der Waals surface area contributed by atoms with Crippen LogP contribution in [0.2, 0.25) is 0 Å². The number of rotatable bonds is 2. The fraction of sp³-hybridized carbons (Fsp3) is 0. The first-order valence-electron chi connectivity index (χ1n) is 6.06. The van der Waals surface area contributed by atoms with Crippen molar-refractivity contribution in [2.24, 2.45) is 9.98 Å². The molecule has 0 amide bonds. The van der Waals surface area contributed by atoms with Gasteiger partial charge in [0.2, 0.25) is 0 Å². The number of allylic oxidation sites excluding steroid dienone is 1. The first-order chi connectivity index (χ1) is 9.65. The molecule has 0 bridgehead atoms. The first kappa shape index (κ1) is 12.8. The summed E-state index contributed by atoms with van der Waals surface area (Å²) in [5.74, 6) is 0.799. The van der Waals surface area contributed by atoms with Crippen LogP contribution in [-0.2, 0) is 0 Å². The third kappa shape index (κ3) is 2.30. The Morgan fingerprint density at radius 1 is 0.950 bits per heavy atom. The monoisotopic (exact) mass is 326 g/mol. The second-order valence-corrected chi connectivity index (χ2v) is 5.23. The van der Waals surface area contributed by atoms with E-state index < -0.39 is 0 Å². The number of phenols is 1. The highest BCUT2D eigenvalue weighted by molar-refractivity contribution is 9.10. The molecule has 0 saturated carbocycles. The van der Waals surface area contributed by atoms with Gasteiger partial charge in [0.15, 0.2) is 5.84 Å². The fourth-order valence-electron chi connectivity index (χ4n) is 1.98. The Kier molecular flexibility index (Phi) is 3.24. The molecule has 0 fully saturated rings. The lowest BCUT2D eigenvalue weighted by Gasteiger charge is -2.01. The summed E-state index contributed by atoms with van der Waals surface area (Å²) in [5, 5.41) is 9.53. The number of amidine groups is 1. The Morgan fingerprint density at radius 2 is 1.70 bits per heavy atom. The average molecular weight is 327 g/mol. The van der Waals surface area contributed by atoms with Gasteiger partial charge in [-0.25, -0.2) is 9.98 Å². The number of aliphatic imine (C=N–C) groups is 2. The number of hydrogen-bond donors (Lipinski definition) is 1. The van der Waals surface area contributed by atoms with E-state index in [4.69, 9.17) is 0 Å². The van der Waals surface area contributed by atoms with E-state index in [2.05, 4.69) is 32.5 Å². The average Bonchev–Trinajstić information content (AvgIpc) is 2.85. The molecule has 2 aromatic rings. The quantitative estimate of drug-likeness (QED) is 0.893. The zero-order chi connectivity index (χ0) is 14.1. The molecule has 0 unspecified atom stereocenters. The zero-order valence-corrected chi connectivity index (χ0v) is 12.1. The molecule has 1 aliphatic rings. The molecule has 20 heavy (non-hydrogen) atoms. The van der Waals surface area contributed by atoms with Gasteiger partial charge in [-0.2, -0.15) is 0 Å². The lowest BCUT2D eigenvalue weighted by molar-refractivity contribution is 0.472. The predicted molar refractivity (Wildman–Crippen MR) is 84.5 cm³/mol. The maximum absolute atomic E-state index is 9.53. The van der Waals surface area contributed by atoms with E-state index in [1.165, 1.54) is 0 Å². The highest BCUT2D eigenvalue weighted by Gasteiger charge is 2.18. The molecule has 0 atom stereocenters. The Hall–Kier alpha value is -2.20. The number of aromatic hydroxyl groups is 1. The van der Waals surface area contributed by atoms with Gasteiger partial charge >= 0.3 is 0 Å². The fourth-order valence-corrected chi connectivity index (χ4v) is 2.36. The van der Waals surface area contributed by atoms with Crippen molar-refractivity contribution >= 4 is 27.5 Å². The molecule has 1 heterocycles. The Morgan fingerprint density at radius 3 is 2.40 bits per heavy atom. The molecule has 2 aromatic carbocycles. The third-order valence-corrected chi connectivity index (χ3v) is 3.62. The molecule has 1 aliphatic heterocycles. The summed E-state index contributed by atoms with van der Waals surface area (Å²) in [6.07, 6.45) is 0. The van der Waals surface area contributed by atoms with Crippen LogP contribution >= 0.6 is 15.9 Å². The van der Waals surface area contributed by atoms with Gasteiger partial charge in [-0.05, 0) is 34.1 Å². The van der Waals surface area contributed by atoms with Crippen LogP contribution in [0.25, 0.3) is 0 Å². The molecule has 0 saturated heterocycles. The molecular weight excluding hydrogens is 316 g/mol. The topological polar surface area (TPSA) is 45.0 Å². The Bertz CT molecular complexity index is 748. The molecule has 3 rings (SSSR count). The van der Waals surface area contributed by atoms with Crippen LogP contribution in [-0.4, -0.2) is 16.7 Å². The summed E-state index contributed by atoms with van der Waals surface area (Å²) >= 11 is 3.29. The van der Waals surface area contributed by atoms with E-state index >= 15 is 0 Å². The van der Waals surface area contributed by atoms with E-state index in [1.54, 1.807) is 18.2 Å². The number of benzene rings is 2. The van der Waals surface area contributed by atoms with E-state index in [9.17, 15) is 5.11 Å². The van der Waals surface area contributed by atoms with Crippen molar-refractivity contribution in [1.29, 1.82) is 0 Å². The second-order valence-electron chi connectivity index (χ2n) is 4.37. The molecule has 0 spiro atoms. The minimum Gasteiger partial charge on any atom is -0.507 e. The van der Waals surface area contributed by atoms with Crippen LogP contribution in [0.1, 0.15) is 11.1 Å². The van der Waals surface area contributed by atoms with Crippen molar-refractivity contribution in [3.05, 3.63) is 76.4 Å². The third-order valence-electron chi connectivity index (χ3n) is 2.99. The van der Waals surface area contributed by atoms with Crippen LogP contribution in [0.15, 0.2) is 75.3 Å². The molecule has 0 aromatic heterocycles. The summed E-state index contributed by atoms with van der Waals surface area (Å²) in [6, 6.07) is 15.0. The molecule has 1 N–H and O–H groups in total. The maximum atomic E-state index is 9.53. The van der Waals surface area contributed by atoms with Crippen molar-refractivity contribution in [3.8, 4) is 5.75 Å². The van der Waals surface area contributed by atoms with Crippen molar-refractivity contribution in [2.75, 3.05) is 0 Å². The minimum absolute atomic E-state index is 0.193. The Balaban J connectivity index is 2.00. The summed E-state index contributed by atoms with van der Waals surface area (Å²) in [5.41, 5.74) is 3.26. The first-order valence-corrected chi connectivity index (χ1v) is 6.85. The highest BCUT2D eigenvalue weighted by atomic mass is 79.9. The van der Waals surface area contributed by atoms with Gasteiger partial charge in [0, 0.05) is 11.1 Å². The lowest BCUT2D eigenvalue weighted by Crippen LogP contribution is -1.99. The smallest absolute Gasteiger partial charge is 0.160 e. The largest absolute Gasteiger partial charge is 0.507 e. The van der Waals surface area contributed by atoms with Crippen molar-refractivity contribution < 1.29 is 5.11 Å². The molecule has 4 heteroatoms. The lowest BCUT2D eigenvalue weighted by atomic mass is 10.1. The van der Waals surface area contributed by atoms with Gasteiger partial charge in [0.05, 0.1) is 15.9 Å². The second kappa shape index (κ2) is 5.06. The van der Waals surface area contributed by atoms with Crippen LogP contribution < -0.4 is 0 Å². The molecular formula is C16H11BrN2O. The minimum atomic E-state index is 0.193. The van der Waals surface area contributed by atoms with Gasteiger partial charge < -0.3 is 5.11 Å². The predicted octanol–water partition coefficient (Wildman–Crippen LogP) is 3.92. The normalized spacial score (nSPS) is 14.2. The van der Waals surface area contributed by atoms with Crippen molar-refractivity contribution in [3.63, 3.8) is 0 Å². The molecule has 0 aliphatic carbocycles. The van der Waals surface area contributed by atoms with E-state index in [-0.39, 0.29) is 5.75 Å². The van der Waals surface area contributed by atoms with E-state index in [0.29, 0.717) is 16.0 Å². The van der Waals surface area contributed by atoms with Crippen LogP contribution in [0.4, 0.5) is 0 Å². The number of hydrogen-bond acceptors (Lipinski definition) is 3. The number of phenolic OH excluding ortho intramolecular Hbond substituents is 1. The van der Waals surface area contributed by atoms with Gasteiger partial charge in [-0.15, -0.1) is 0 Å². The summed E-state index contributed by atoms with van der Waals surface area (Å²) < 4.78 is 0.617. The maximum Gasteiger partial charge on any atom is 0.160 e. The van der Waals surface area contributed by atoms with Gasteiger partial charge in [-0.3, -0.25) is 0 Å². The number of halogens is 1. The SMILES string of the molecule is C=C1N=C(c2ccc(O)c(Br)c2)N=C1c1ccccc1. The van der Waals surface area contributed by atoms with Crippen molar-refractivity contribution in [1.82, 2.24) is 0 Å². The van der Waals surface area contributed by atoms with Gasteiger partial charge in [0.1, 0.15) is 5.75 Å². The van der Waals surface area contributed by atoms with Crippen LogP contribution in [0, 0.1) is 0 Å².